The van der Waals surface area contributed by atoms with E-state index in [4.69, 9.17) is 4.74 Å². The first-order valence-electron chi connectivity index (χ1n) is 6.71. The van der Waals surface area contributed by atoms with Crippen molar-refractivity contribution in [2.75, 3.05) is 26.0 Å². The number of nitrogens with zero attached hydrogens (tertiary/aromatic N) is 2. The summed E-state index contributed by atoms with van der Waals surface area (Å²) in [7, 11) is 3.32. The van der Waals surface area contributed by atoms with Crippen LogP contribution in [0.15, 0.2) is 48.7 Å². The maximum Gasteiger partial charge on any atom is 0.274 e. The van der Waals surface area contributed by atoms with E-state index in [9.17, 15) is 9.59 Å². The number of anilines is 1. The van der Waals surface area contributed by atoms with Crippen LogP contribution in [0.1, 0.15) is 10.5 Å². The third-order valence-electron chi connectivity index (χ3n) is 2.85. The zero-order valence-corrected chi connectivity index (χ0v) is 12.4. The van der Waals surface area contributed by atoms with Gasteiger partial charge in [0.2, 0.25) is 0 Å². The Labute approximate surface area is 128 Å². The summed E-state index contributed by atoms with van der Waals surface area (Å²) in [5.74, 6) is 0.0686. The fourth-order valence-electron chi connectivity index (χ4n) is 1.63. The first kappa shape index (κ1) is 15.5. The lowest BCUT2D eigenvalue weighted by Gasteiger charge is -2.12. The van der Waals surface area contributed by atoms with Crippen molar-refractivity contribution in [3.05, 3.63) is 54.4 Å². The standard InChI is InChI=1S/C16H17N3O3/c1-19(2)15(20)11-22-13-7-5-6-12(10-13)18-16(21)14-8-3-4-9-17-14/h3-10H,11H2,1-2H3,(H,18,21). The molecule has 6 nitrogen and oxygen atoms in total. The lowest BCUT2D eigenvalue weighted by atomic mass is 10.2. The van der Waals surface area contributed by atoms with E-state index in [2.05, 4.69) is 10.3 Å². The van der Waals surface area contributed by atoms with Crippen LogP contribution in [-0.4, -0.2) is 42.4 Å². The average molecular weight is 299 g/mol. The molecule has 0 spiro atoms. The molecule has 2 rings (SSSR count). The molecule has 1 aromatic heterocycles. The fourth-order valence-corrected chi connectivity index (χ4v) is 1.63. The van der Waals surface area contributed by atoms with E-state index < -0.39 is 0 Å². The van der Waals surface area contributed by atoms with Gasteiger partial charge in [0.15, 0.2) is 6.61 Å². The van der Waals surface area contributed by atoms with Crippen LogP contribution in [0, 0.1) is 0 Å². The van der Waals surface area contributed by atoms with E-state index in [-0.39, 0.29) is 18.4 Å². The zero-order chi connectivity index (χ0) is 15.9. The van der Waals surface area contributed by atoms with Gasteiger partial charge in [-0.15, -0.1) is 0 Å². The molecule has 114 valence electrons. The molecule has 2 amide bonds. The minimum atomic E-state index is -0.304. The number of pyridine rings is 1. The van der Waals surface area contributed by atoms with Gasteiger partial charge in [-0.2, -0.15) is 0 Å². The Morgan fingerprint density at radius 1 is 1.18 bits per heavy atom. The topological polar surface area (TPSA) is 71.5 Å². The van der Waals surface area contributed by atoms with Gasteiger partial charge in [-0.1, -0.05) is 12.1 Å². The maximum absolute atomic E-state index is 12.0. The number of benzene rings is 1. The van der Waals surface area contributed by atoms with E-state index in [0.717, 1.165) is 0 Å². The van der Waals surface area contributed by atoms with Crippen LogP contribution in [0.2, 0.25) is 0 Å². The Morgan fingerprint density at radius 2 is 2.00 bits per heavy atom. The number of hydrogen-bond donors (Lipinski definition) is 1. The van der Waals surface area contributed by atoms with Gasteiger partial charge >= 0.3 is 0 Å². The molecule has 1 N–H and O–H groups in total. The van der Waals surface area contributed by atoms with Crippen molar-refractivity contribution < 1.29 is 14.3 Å². The second kappa shape index (κ2) is 7.21. The predicted molar refractivity (Wildman–Crippen MR) is 82.8 cm³/mol. The van der Waals surface area contributed by atoms with Gasteiger partial charge in [0, 0.05) is 32.0 Å². The Bertz CT molecular complexity index is 657. The molecule has 2 aromatic rings. The summed E-state index contributed by atoms with van der Waals surface area (Å²) in [6, 6.07) is 12.0. The molecule has 1 heterocycles. The second-order valence-electron chi connectivity index (χ2n) is 4.77. The van der Waals surface area contributed by atoms with Crippen LogP contribution >= 0.6 is 0 Å². The number of rotatable bonds is 5. The molecule has 0 atom stereocenters. The monoisotopic (exact) mass is 299 g/mol. The van der Waals surface area contributed by atoms with E-state index in [1.165, 1.54) is 4.90 Å². The smallest absolute Gasteiger partial charge is 0.274 e. The van der Waals surface area contributed by atoms with E-state index in [0.29, 0.717) is 17.1 Å². The summed E-state index contributed by atoms with van der Waals surface area (Å²) in [6.45, 7) is -0.0510. The molecule has 22 heavy (non-hydrogen) atoms. The summed E-state index contributed by atoms with van der Waals surface area (Å²) in [5.41, 5.74) is 0.905. The van der Waals surface area contributed by atoms with E-state index in [1.807, 2.05) is 0 Å². The molecule has 0 fully saturated rings. The Hall–Kier alpha value is -2.89. The lowest BCUT2D eigenvalue weighted by molar-refractivity contribution is -0.130. The van der Waals surface area contributed by atoms with Crippen LogP contribution in [-0.2, 0) is 4.79 Å². The van der Waals surface area contributed by atoms with Gasteiger partial charge < -0.3 is 15.0 Å². The molecule has 0 aliphatic heterocycles. The van der Waals surface area contributed by atoms with Gasteiger partial charge in [-0.25, -0.2) is 0 Å². The number of likely N-dealkylation sites (N-methyl/N-ethyl adjacent to an activating group) is 1. The number of hydrogen-bond acceptors (Lipinski definition) is 4. The first-order valence-corrected chi connectivity index (χ1v) is 6.71. The van der Waals surface area contributed by atoms with Gasteiger partial charge in [-0.05, 0) is 24.3 Å². The molecular formula is C16H17N3O3. The Balaban J connectivity index is 1.99. The highest BCUT2D eigenvalue weighted by Crippen LogP contribution is 2.18. The van der Waals surface area contributed by atoms with Crippen molar-refractivity contribution in [3.63, 3.8) is 0 Å². The predicted octanol–water partition coefficient (Wildman–Crippen LogP) is 1.80. The number of aromatic nitrogens is 1. The van der Waals surface area contributed by atoms with Crippen molar-refractivity contribution in [1.29, 1.82) is 0 Å². The third kappa shape index (κ3) is 4.31. The fraction of sp³-hybridized carbons (Fsp3) is 0.188. The van der Waals surface area contributed by atoms with Crippen LogP contribution in [0.25, 0.3) is 0 Å². The zero-order valence-electron chi connectivity index (χ0n) is 12.4. The minimum Gasteiger partial charge on any atom is -0.484 e. The molecule has 1 aromatic carbocycles. The number of nitrogens with one attached hydrogen (secondary N) is 1. The maximum atomic E-state index is 12.0. The van der Waals surface area contributed by atoms with Gasteiger partial charge in [0.1, 0.15) is 11.4 Å². The molecular weight excluding hydrogens is 282 g/mol. The van der Waals surface area contributed by atoms with Gasteiger partial charge in [0.05, 0.1) is 0 Å². The van der Waals surface area contributed by atoms with E-state index in [1.54, 1.807) is 62.8 Å². The molecule has 0 bridgehead atoms. The SMILES string of the molecule is CN(C)C(=O)COc1cccc(NC(=O)c2ccccn2)c1. The second-order valence-corrected chi connectivity index (χ2v) is 4.77. The molecule has 0 radical (unpaired) electrons. The minimum absolute atomic E-state index is 0.0510. The highest BCUT2D eigenvalue weighted by Gasteiger charge is 2.08. The Kier molecular flexibility index (Phi) is 5.08. The molecule has 6 heteroatoms. The highest BCUT2D eigenvalue weighted by atomic mass is 16.5. The van der Waals surface area contributed by atoms with Crippen molar-refractivity contribution in [2.24, 2.45) is 0 Å². The summed E-state index contributed by atoms with van der Waals surface area (Å²) < 4.78 is 5.40. The molecule has 0 aliphatic rings. The van der Waals surface area contributed by atoms with Crippen molar-refractivity contribution in [1.82, 2.24) is 9.88 Å². The molecule has 0 saturated carbocycles. The van der Waals surface area contributed by atoms with Crippen LogP contribution in [0.4, 0.5) is 5.69 Å². The summed E-state index contributed by atoms with van der Waals surface area (Å²) in [4.78, 5) is 28.9. The van der Waals surface area contributed by atoms with Gasteiger partial charge in [-0.3, -0.25) is 14.6 Å². The molecule has 0 aliphatic carbocycles. The van der Waals surface area contributed by atoms with Gasteiger partial charge in [0.25, 0.3) is 11.8 Å². The number of amides is 2. The van der Waals surface area contributed by atoms with Crippen molar-refractivity contribution in [3.8, 4) is 5.75 Å². The average Bonchev–Trinajstić information content (AvgIpc) is 2.53. The summed E-state index contributed by atoms with van der Waals surface area (Å²) >= 11 is 0. The van der Waals surface area contributed by atoms with Crippen LogP contribution in [0.3, 0.4) is 0 Å². The summed E-state index contributed by atoms with van der Waals surface area (Å²) in [5, 5.41) is 2.73. The van der Waals surface area contributed by atoms with Crippen molar-refractivity contribution in [2.45, 2.75) is 0 Å². The number of ether oxygens (including phenoxy) is 1. The quantitative estimate of drug-likeness (QED) is 0.914. The van der Waals surface area contributed by atoms with Crippen molar-refractivity contribution >= 4 is 17.5 Å². The van der Waals surface area contributed by atoms with Crippen LogP contribution < -0.4 is 10.1 Å². The summed E-state index contributed by atoms with van der Waals surface area (Å²) in [6.07, 6.45) is 1.56. The number of carbonyl (C=O) groups excluding carboxylic acids is 2. The first-order chi connectivity index (χ1) is 10.6. The highest BCUT2D eigenvalue weighted by molar-refractivity contribution is 6.02. The number of carbonyl (C=O) groups is 2. The van der Waals surface area contributed by atoms with Crippen LogP contribution in [0.5, 0.6) is 5.75 Å². The van der Waals surface area contributed by atoms with E-state index >= 15 is 0 Å². The molecule has 0 unspecified atom stereocenters. The Morgan fingerprint density at radius 3 is 2.68 bits per heavy atom. The lowest BCUT2D eigenvalue weighted by Crippen LogP contribution is -2.27. The normalized spacial score (nSPS) is 9.91. The largest absolute Gasteiger partial charge is 0.484 e. The third-order valence-corrected chi connectivity index (χ3v) is 2.85. The molecule has 0 saturated heterocycles.